The minimum Gasteiger partial charge on any atom is -0.504 e. The predicted octanol–water partition coefficient (Wildman–Crippen LogP) is 5.38. The fraction of sp³-hybridized carbons (Fsp3) is 0.455. The van der Waals surface area contributed by atoms with Crippen molar-refractivity contribution in [3.05, 3.63) is 35.4 Å². The summed E-state index contributed by atoms with van der Waals surface area (Å²) in [6.07, 6.45) is 0. The summed E-state index contributed by atoms with van der Waals surface area (Å²) < 4.78 is 10.7. The maximum Gasteiger partial charge on any atom is 0.166 e. The van der Waals surface area contributed by atoms with Crippen LogP contribution in [0, 0.1) is 0 Å². The minimum absolute atomic E-state index is 0.0222. The molecule has 0 saturated carbocycles. The lowest BCUT2D eigenvalue weighted by Gasteiger charge is -2.29. The summed E-state index contributed by atoms with van der Waals surface area (Å²) in [6, 6.07) is 7.40. The Hall–Kier alpha value is -2.36. The van der Waals surface area contributed by atoms with E-state index in [0.717, 1.165) is 11.1 Å². The molecule has 0 aromatic heterocycles. The van der Waals surface area contributed by atoms with Crippen molar-refractivity contribution in [2.24, 2.45) is 0 Å². The molecule has 0 heterocycles. The Morgan fingerprint density at radius 2 is 0.923 bits per heavy atom. The van der Waals surface area contributed by atoms with Crippen LogP contribution in [0.15, 0.2) is 24.3 Å². The normalized spacial score (nSPS) is 12.2. The van der Waals surface area contributed by atoms with Gasteiger partial charge in [0.2, 0.25) is 0 Å². The first-order valence-electron chi connectivity index (χ1n) is 8.74. The maximum absolute atomic E-state index is 11.0. The fourth-order valence-electron chi connectivity index (χ4n) is 3.23. The quantitative estimate of drug-likeness (QED) is 0.774. The lowest BCUT2D eigenvalue weighted by molar-refractivity contribution is 0.369. The molecule has 2 N–H and O–H groups in total. The second-order valence-corrected chi connectivity index (χ2v) is 8.58. The molecule has 0 aliphatic carbocycles. The number of phenolic OH excluding ortho intramolecular Hbond substituents is 2. The first-order valence-corrected chi connectivity index (χ1v) is 8.74. The van der Waals surface area contributed by atoms with Crippen LogP contribution in [-0.4, -0.2) is 24.4 Å². The highest BCUT2D eigenvalue weighted by Crippen LogP contribution is 2.52. The van der Waals surface area contributed by atoms with Crippen molar-refractivity contribution in [2.45, 2.75) is 52.4 Å². The summed E-state index contributed by atoms with van der Waals surface area (Å²) in [5, 5.41) is 22.0. The highest BCUT2D eigenvalue weighted by molar-refractivity contribution is 5.86. The molecule has 142 valence electrons. The number of rotatable bonds is 3. The van der Waals surface area contributed by atoms with Crippen molar-refractivity contribution < 1.29 is 19.7 Å². The molecule has 0 aliphatic rings. The molecule has 0 spiro atoms. The first-order chi connectivity index (χ1) is 11.9. The molecule has 0 atom stereocenters. The van der Waals surface area contributed by atoms with E-state index >= 15 is 0 Å². The first kappa shape index (κ1) is 20.0. The molecular formula is C22H30O4. The van der Waals surface area contributed by atoms with Gasteiger partial charge in [-0.3, -0.25) is 0 Å². The fourth-order valence-corrected chi connectivity index (χ4v) is 3.23. The number of phenols is 2. The zero-order valence-corrected chi connectivity index (χ0v) is 17.0. The Bertz CT molecular complexity index is 739. The average Bonchev–Trinajstić information content (AvgIpc) is 2.52. The van der Waals surface area contributed by atoms with Crippen LogP contribution < -0.4 is 9.47 Å². The van der Waals surface area contributed by atoms with Crippen molar-refractivity contribution in [1.82, 2.24) is 0 Å². The summed E-state index contributed by atoms with van der Waals surface area (Å²) in [7, 11) is 3.04. The van der Waals surface area contributed by atoms with Gasteiger partial charge in [0.05, 0.1) is 14.2 Å². The summed E-state index contributed by atoms with van der Waals surface area (Å²) in [5.74, 6) is 0.785. The van der Waals surface area contributed by atoms with Crippen molar-refractivity contribution in [1.29, 1.82) is 0 Å². The van der Waals surface area contributed by atoms with E-state index in [1.165, 1.54) is 14.2 Å². The van der Waals surface area contributed by atoms with Gasteiger partial charge in [-0.1, -0.05) is 53.7 Å². The van der Waals surface area contributed by atoms with Crippen LogP contribution in [0.1, 0.15) is 52.7 Å². The van der Waals surface area contributed by atoms with Crippen LogP contribution in [0.4, 0.5) is 0 Å². The third kappa shape index (κ3) is 3.46. The molecule has 0 bridgehead atoms. The van der Waals surface area contributed by atoms with Crippen molar-refractivity contribution in [3.63, 3.8) is 0 Å². The molecule has 2 aromatic rings. The van der Waals surface area contributed by atoms with E-state index in [-0.39, 0.29) is 22.3 Å². The number of aromatic hydroxyl groups is 2. The van der Waals surface area contributed by atoms with Gasteiger partial charge in [0.25, 0.3) is 0 Å². The molecular weight excluding hydrogens is 328 g/mol. The van der Waals surface area contributed by atoms with Gasteiger partial charge in [0, 0.05) is 11.1 Å². The second kappa shape index (κ2) is 6.75. The second-order valence-electron chi connectivity index (χ2n) is 8.58. The standard InChI is InChI=1S/C22H30O4/c1-21(2,3)13-9-11-15(25-7)19(23)17(13)18-14(22(4,5)6)10-12-16(26-8)20(18)24/h9-12,23-24H,1-8H3. The van der Waals surface area contributed by atoms with Gasteiger partial charge in [0.15, 0.2) is 23.0 Å². The van der Waals surface area contributed by atoms with Crippen LogP contribution in [0.3, 0.4) is 0 Å². The van der Waals surface area contributed by atoms with Gasteiger partial charge in [-0.25, -0.2) is 0 Å². The van der Waals surface area contributed by atoms with Crippen LogP contribution >= 0.6 is 0 Å². The van der Waals surface area contributed by atoms with Crippen LogP contribution in [0.25, 0.3) is 11.1 Å². The van der Waals surface area contributed by atoms with E-state index in [1.807, 2.05) is 12.1 Å². The molecule has 4 heteroatoms. The SMILES string of the molecule is COc1ccc(C(C)(C)C)c(-c2c(C(C)(C)C)ccc(OC)c2O)c1O. The van der Waals surface area contributed by atoms with Crippen LogP contribution in [0.2, 0.25) is 0 Å². The van der Waals surface area contributed by atoms with Crippen LogP contribution in [-0.2, 0) is 10.8 Å². The molecule has 4 nitrogen and oxygen atoms in total. The Labute approximate surface area is 156 Å². The van der Waals surface area contributed by atoms with Gasteiger partial charge in [-0.15, -0.1) is 0 Å². The lowest BCUT2D eigenvalue weighted by Crippen LogP contribution is -2.17. The van der Waals surface area contributed by atoms with E-state index < -0.39 is 0 Å². The van der Waals surface area contributed by atoms with Crippen molar-refractivity contribution in [3.8, 4) is 34.1 Å². The van der Waals surface area contributed by atoms with Gasteiger partial charge in [0.1, 0.15) is 0 Å². The minimum atomic E-state index is -0.246. The summed E-state index contributed by atoms with van der Waals surface area (Å²) >= 11 is 0. The van der Waals surface area contributed by atoms with E-state index in [1.54, 1.807) is 12.1 Å². The molecule has 0 radical (unpaired) electrons. The molecule has 0 saturated heterocycles. The van der Waals surface area contributed by atoms with E-state index in [0.29, 0.717) is 22.6 Å². The summed E-state index contributed by atoms with van der Waals surface area (Å²) in [6.45, 7) is 12.5. The third-order valence-electron chi connectivity index (χ3n) is 4.59. The van der Waals surface area contributed by atoms with Crippen molar-refractivity contribution >= 4 is 0 Å². The monoisotopic (exact) mass is 358 g/mol. The van der Waals surface area contributed by atoms with E-state index in [9.17, 15) is 10.2 Å². The lowest BCUT2D eigenvalue weighted by atomic mass is 9.76. The van der Waals surface area contributed by atoms with E-state index in [2.05, 4.69) is 41.5 Å². The molecule has 0 fully saturated rings. The number of methoxy groups -OCH3 is 2. The number of ether oxygens (including phenoxy) is 2. The Kier molecular flexibility index (Phi) is 5.18. The Balaban J connectivity index is 3.04. The van der Waals surface area contributed by atoms with Crippen molar-refractivity contribution in [2.75, 3.05) is 14.2 Å². The van der Waals surface area contributed by atoms with Gasteiger partial charge in [-0.05, 0) is 34.1 Å². The highest BCUT2D eigenvalue weighted by atomic mass is 16.5. The Morgan fingerprint density at radius 1 is 0.615 bits per heavy atom. The summed E-state index contributed by atoms with van der Waals surface area (Å²) in [4.78, 5) is 0. The molecule has 26 heavy (non-hydrogen) atoms. The van der Waals surface area contributed by atoms with E-state index in [4.69, 9.17) is 9.47 Å². The van der Waals surface area contributed by atoms with Crippen LogP contribution in [0.5, 0.6) is 23.0 Å². The zero-order valence-electron chi connectivity index (χ0n) is 17.0. The largest absolute Gasteiger partial charge is 0.504 e. The molecule has 2 aromatic carbocycles. The average molecular weight is 358 g/mol. The molecule has 0 amide bonds. The van der Waals surface area contributed by atoms with Gasteiger partial charge < -0.3 is 19.7 Å². The zero-order chi connectivity index (χ0) is 19.9. The number of hydrogen-bond acceptors (Lipinski definition) is 4. The number of hydrogen-bond donors (Lipinski definition) is 2. The summed E-state index contributed by atoms with van der Waals surface area (Å²) in [5.41, 5.74) is 2.51. The molecule has 2 rings (SSSR count). The number of benzene rings is 2. The molecule has 0 unspecified atom stereocenters. The highest BCUT2D eigenvalue weighted by Gasteiger charge is 2.31. The third-order valence-corrected chi connectivity index (χ3v) is 4.59. The van der Waals surface area contributed by atoms with Gasteiger partial charge in [-0.2, -0.15) is 0 Å². The predicted molar refractivity (Wildman–Crippen MR) is 106 cm³/mol. The molecule has 0 aliphatic heterocycles. The smallest absolute Gasteiger partial charge is 0.166 e. The Morgan fingerprint density at radius 3 is 1.15 bits per heavy atom. The van der Waals surface area contributed by atoms with Gasteiger partial charge >= 0.3 is 0 Å². The maximum atomic E-state index is 11.0. The topological polar surface area (TPSA) is 58.9 Å².